The Morgan fingerprint density at radius 2 is 2.00 bits per heavy atom. The highest BCUT2D eigenvalue weighted by Crippen LogP contribution is 2.45. The summed E-state index contributed by atoms with van der Waals surface area (Å²) < 4.78 is 11.4. The maximum absolute atomic E-state index is 10.3. The van der Waals surface area contributed by atoms with Crippen molar-refractivity contribution in [2.24, 2.45) is 0 Å². The minimum Gasteiger partial charge on any atom is -0.489 e. The zero-order valence-electron chi connectivity index (χ0n) is 10.2. The van der Waals surface area contributed by atoms with E-state index in [2.05, 4.69) is 0 Å². The Kier molecular flexibility index (Phi) is 3.35. The number of aliphatic hydroxyl groups is 1. The molecule has 0 saturated heterocycles. The zero-order valence-corrected chi connectivity index (χ0v) is 11.0. The van der Waals surface area contributed by atoms with Gasteiger partial charge >= 0.3 is 0 Å². The Balaban J connectivity index is 2.17. The van der Waals surface area contributed by atoms with Crippen LogP contribution in [0.5, 0.6) is 11.5 Å². The minimum atomic E-state index is -0.489. The summed E-state index contributed by atoms with van der Waals surface area (Å²) in [6.45, 7) is 1.27. The van der Waals surface area contributed by atoms with Crippen molar-refractivity contribution in [3.63, 3.8) is 0 Å². The van der Waals surface area contributed by atoms with Crippen LogP contribution in [0.1, 0.15) is 42.9 Å². The second-order valence-electron chi connectivity index (χ2n) is 4.89. The van der Waals surface area contributed by atoms with Crippen LogP contribution in [0.2, 0.25) is 5.02 Å². The summed E-state index contributed by atoms with van der Waals surface area (Å²) in [6, 6.07) is 1.83. The van der Waals surface area contributed by atoms with Crippen molar-refractivity contribution in [2.45, 2.75) is 38.2 Å². The van der Waals surface area contributed by atoms with E-state index < -0.39 is 6.10 Å². The van der Waals surface area contributed by atoms with E-state index in [1.165, 1.54) is 0 Å². The molecule has 1 aliphatic heterocycles. The molecule has 1 unspecified atom stereocenters. The summed E-state index contributed by atoms with van der Waals surface area (Å²) in [6.07, 6.45) is 4.12. The Hall–Kier alpha value is -0.930. The first-order valence-corrected chi connectivity index (χ1v) is 6.94. The Morgan fingerprint density at radius 3 is 2.89 bits per heavy atom. The predicted molar refractivity (Wildman–Crippen MR) is 69.6 cm³/mol. The molecule has 0 saturated carbocycles. The van der Waals surface area contributed by atoms with Gasteiger partial charge in [-0.25, -0.2) is 0 Å². The average Bonchev–Trinajstić information content (AvgIpc) is 2.68. The topological polar surface area (TPSA) is 38.7 Å². The molecule has 1 aliphatic carbocycles. The van der Waals surface area contributed by atoms with Crippen LogP contribution in [-0.4, -0.2) is 18.3 Å². The van der Waals surface area contributed by atoms with Crippen LogP contribution in [0.3, 0.4) is 0 Å². The molecule has 1 N–H and O–H groups in total. The lowest BCUT2D eigenvalue weighted by atomic mass is 9.99. The number of aliphatic hydroxyl groups excluding tert-OH is 1. The van der Waals surface area contributed by atoms with E-state index in [0.717, 1.165) is 43.2 Å². The second-order valence-corrected chi connectivity index (χ2v) is 5.30. The third kappa shape index (κ3) is 2.06. The lowest BCUT2D eigenvalue weighted by molar-refractivity contribution is 0.161. The van der Waals surface area contributed by atoms with Crippen LogP contribution in [0, 0.1) is 0 Å². The summed E-state index contributed by atoms with van der Waals surface area (Å²) >= 11 is 6.32. The van der Waals surface area contributed by atoms with E-state index in [1.54, 1.807) is 0 Å². The molecule has 1 heterocycles. The summed E-state index contributed by atoms with van der Waals surface area (Å²) in [5.41, 5.74) is 1.89. The highest BCUT2D eigenvalue weighted by atomic mass is 35.5. The van der Waals surface area contributed by atoms with Crippen LogP contribution in [-0.2, 0) is 6.42 Å². The molecule has 0 amide bonds. The Bertz CT molecular complexity index is 459. The van der Waals surface area contributed by atoms with Crippen LogP contribution >= 0.6 is 11.6 Å². The fourth-order valence-electron chi connectivity index (χ4n) is 2.73. The molecule has 18 heavy (non-hydrogen) atoms. The molecule has 0 radical (unpaired) electrons. The van der Waals surface area contributed by atoms with Crippen LogP contribution in [0.25, 0.3) is 0 Å². The third-order valence-electron chi connectivity index (χ3n) is 3.62. The van der Waals surface area contributed by atoms with Crippen molar-refractivity contribution in [1.29, 1.82) is 0 Å². The van der Waals surface area contributed by atoms with Gasteiger partial charge in [-0.2, -0.15) is 0 Å². The fraction of sp³-hybridized carbons (Fsp3) is 0.571. The van der Waals surface area contributed by atoms with Gasteiger partial charge in [-0.1, -0.05) is 18.0 Å². The Morgan fingerprint density at radius 1 is 1.17 bits per heavy atom. The number of hydrogen-bond donors (Lipinski definition) is 1. The summed E-state index contributed by atoms with van der Waals surface area (Å²) in [7, 11) is 0. The summed E-state index contributed by atoms with van der Waals surface area (Å²) in [5, 5.41) is 11.0. The van der Waals surface area contributed by atoms with Crippen molar-refractivity contribution in [3.05, 3.63) is 22.2 Å². The minimum absolute atomic E-state index is 0.489. The molecule has 0 fully saturated rings. The van der Waals surface area contributed by atoms with Gasteiger partial charge in [0.25, 0.3) is 0 Å². The smallest absolute Gasteiger partial charge is 0.167 e. The van der Waals surface area contributed by atoms with Crippen LogP contribution in [0.15, 0.2) is 6.07 Å². The predicted octanol–water partition coefficient (Wildman–Crippen LogP) is 3.26. The molecule has 0 bridgehead atoms. The highest BCUT2D eigenvalue weighted by molar-refractivity contribution is 6.31. The van der Waals surface area contributed by atoms with Gasteiger partial charge in [0.1, 0.15) is 0 Å². The number of halogens is 1. The van der Waals surface area contributed by atoms with Gasteiger partial charge < -0.3 is 14.6 Å². The number of benzene rings is 1. The molecule has 3 rings (SSSR count). The van der Waals surface area contributed by atoms with Gasteiger partial charge in [0.05, 0.1) is 19.3 Å². The molecule has 2 aliphatic rings. The van der Waals surface area contributed by atoms with Crippen LogP contribution < -0.4 is 9.47 Å². The van der Waals surface area contributed by atoms with Gasteiger partial charge in [-0.3, -0.25) is 0 Å². The average molecular weight is 269 g/mol. The Labute approximate surface area is 112 Å². The van der Waals surface area contributed by atoms with Gasteiger partial charge in [0.2, 0.25) is 0 Å². The fourth-order valence-corrected chi connectivity index (χ4v) is 3.02. The standard InChI is InChI=1S/C14H17ClO3/c15-10-8-12-14(18-7-3-6-17-12)13-9(10)4-1-2-5-11(13)16/h8,11,16H,1-7H2. The normalized spacial score (nSPS) is 22.9. The molecular formula is C14H17ClO3. The molecule has 3 nitrogen and oxygen atoms in total. The van der Waals surface area contributed by atoms with E-state index in [1.807, 2.05) is 6.07 Å². The monoisotopic (exact) mass is 268 g/mol. The van der Waals surface area contributed by atoms with E-state index >= 15 is 0 Å². The lowest BCUT2D eigenvalue weighted by Gasteiger charge is -2.19. The van der Waals surface area contributed by atoms with Gasteiger partial charge in [-0.05, 0) is 24.8 Å². The van der Waals surface area contributed by atoms with Gasteiger partial charge in [0, 0.05) is 23.1 Å². The highest BCUT2D eigenvalue weighted by Gasteiger charge is 2.27. The SMILES string of the molecule is OC1CCCCc2c(Cl)cc3c(c21)OCCCO3. The van der Waals surface area contributed by atoms with Crippen molar-refractivity contribution in [3.8, 4) is 11.5 Å². The van der Waals surface area contributed by atoms with E-state index in [0.29, 0.717) is 29.7 Å². The number of ether oxygens (including phenoxy) is 2. The molecule has 0 spiro atoms. The van der Waals surface area contributed by atoms with Crippen molar-refractivity contribution >= 4 is 11.6 Å². The first-order chi connectivity index (χ1) is 8.77. The first-order valence-electron chi connectivity index (χ1n) is 6.56. The number of rotatable bonds is 0. The molecule has 98 valence electrons. The molecule has 1 aromatic rings. The molecular weight excluding hydrogens is 252 g/mol. The largest absolute Gasteiger partial charge is 0.489 e. The van der Waals surface area contributed by atoms with E-state index in [-0.39, 0.29) is 0 Å². The third-order valence-corrected chi connectivity index (χ3v) is 3.96. The number of fused-ring (bicyclic) bond motifs is 3. The van der Waals surface area contributed by atoms with E-state index in [9.17, 15) is 5.11 Å². The molecule has 0 aromatic heterocycles. The number of hydrogen-bond acceptors (Lipinski definition) is 3. The first kappa shape index (κ1) is 12.1. The maximum atomic E-state index is 10.3. The quantitative estimate of drug-likeness (QED) is 0.734. The molecule has 1 aromatic carbocycles. The van der Waals surface area contributed by atoms with Crippen LogP contribution in [0.4, 0.5) is 0 Å². The molecule has 4 heteroatoms. The second kappa shape index (κ2) is 4.98. The van der Waals surface area contributed by atoms with Gasteiger partial charge in [-0.15, -0.1) is 0 Å². The van der Waals surface area contributed by atoms with Crippen molar-refractivity contribution < 1.29 is 14.6 Å². The zero-order chi connectivity index (χ0) is 12.5. The molecule has 1 atom stereocenters. The maximum Gasteiger partial charge on any atom is 0.167 e. The van der Waals surface area contributed by atoms with Crippen molar-refractivity contribution in [2.75, 3.05) is 13.2 Å². The lowest BCUT2D eigenvalue weighted by Crippen LogP contribution is -2.05. The summed E-state index contributed by atoms with van der Waals surface area (Å²) in [5.74, 6) is 1.39. The van der Waals surface area contributed by atoms with E-state index in [4.69, 9.17) is 21.1 Å². The van der Waals surface area contributed by atoms with Crippen molar-refractivity contribution in [1.82, 2.24) is 0 Å². The van der Waals surface area contributed by atoms with Gasteiger partial charge in [0.15, 0.2) is 11.5 Å². The summed E-state index contributed by atoms with van der Waals surface area (Å²) in [4.78, 5) is 0.